The lowest BCUT2D eigenvalue weighted by atomic mass is 9.84. The summed E-state index contributed by atoms with van der Waals surface area (Å²) >= 11 is 0. The normalized spacial score (nSPS) is 28.1. The highest BCUT2D eigenvalue weighted by Crippen LogP contribution is 2.37. The Morgan fingerprint density at radius 2 is 2.22 bits per heavy atom. The Kier molecular flexibility index (Phi) is 4.61. The molecule has 6 heteroatoms. The summed E-state index contributed by atoms with van der Waals surface area (Å²) in [7, 11) is 0. The largest absolute Gasteiger partial charge is 0.481 e. The molecule has 2 aliphatic rings. The molecule has 3 atom stereocenters. The van der Waals surface area contributed by atoms with Gasteiger partial charge in [-0.25, -0.2) is 4.39 Å². The van der Waals surface area contributed by atoms with Crippen LogP contribution < -0.4 is 0 Å². The number of halogens is 1. The van der Waals surface area contributed by atoms with Crippen LogP contribution in [-0.2, 0) is 14.3 Å². The van der Waals surface area contributed by atoms with Crippen molar-refractivity contribution in [1.29, 1.82) is 0 Å². The van der Waals surface area contributed by atoms with Crippen LogP contribution in [0.15, 0.2) is 24.3 Å². The van der Waals surface area contributed by atoms with Gasteiger partial charge in [-0.1, -0.05) is 12.1 Å². The summed E-state index contributed by atoms with van der Waals surface area (Å²) in [6.45, 7) is 1.03. The maximum Gasteiger partial charge on any atom is 0.308 e. The molecule has 1 amide bonds. The fraction of sp³-hybridized carbons (Fsp3) is 0.529. The number of ether oxygens (including phenoxy) is 1. The van der Waals surface area contributed by atoms with Crippen molar-refractivity contribution in [1.82, 2.24) is 4.90 Å². The zero-order chi connectivity index (χ0) is 16.4. The Hall–Kier alpha value is -1.95. The molecular weight excluding hydrogens is 301 g/mol. The molecule has 0 radical (unpaired) electrons. The summed E-state index contributed by atoms with van der Waals surface area (Å²) < 4.78 is 19.2. The number of benzene rings is 1. The zero-order valence-corrected chi connectivity index (χ0v) is 12.8. The van der Waals surface area contributed by atoms with Crippen LogP contribution in [0.4, 0.5) is 4.39 Å². The fourth-order valence-electron chi connectivity index (χ4n) is 3.54. The Labute approximate surface area is 134 Å². The number of rotatable bonds is 4. The molecule has 0 spiro atoms. The van der Waals surface area contributed by atoms with Crippen molar-refractivity contribution < 1.29 is 23.8 Å². The average Bonchev–Trinajstić information content (AvgIpc) is 3.02. The lowest BCUT2D eigenvalue weighted by molar-refractivity contribution is -0.153. The monoisotopic (exact) mass is 321 g/mol. The van der Waals surface area contributed by atoms with E-state index in [0.717, 1.165) is 12.8 Å². The first-order chi connectivity index (χ1) is 11.1. The minimum atomic E-state index is -0.955. The number of likely N-dealkylation sites (tertiary alicyclic amines) is 1. The van der Waals surface area contributed by atoms with Gasteiger partial charge >= 0.3 is 5.97 Å². The summed E-state index contributed by atoms with van der Waals surface area (Å²) in [6, 6.07) is 5.22. The first kappa shape index (κ1) is 15.9. The van der Waals surface area contributed by atoms with Crippen LogP contribution in [-0.4, -0.2) is 41.1 Å². The Morgan fingerprint density at radius 3 is 2.87 bits per heavy atom. The van der Waals surface area contributed by atoms with Gasteiger partial charge in [-0.15, -0.1) is 0 Å². The van der Waals surface area contributed by atoms with Gasteiger partial charge in [-0.3, -0.25) is 9.59 Å². The van der Waals surface area contributed by atoms with Gasteiger partial charge in [0.2, 0.25) is 5.91 Å². The first-order valence-corrected chi connectivity index (χ1v) is 7.95. The summed E-state index contributed by atoms with van der Waals surface area (Å²) in [4.78, 5) is 25.6. The molecule has 23 heavy (non-hydrogen) atoms. The lowest BCUT2D eigenvalue weighted by Crippen LogP contribution is -2.48. The number of hydrogen-bond acceptors (Lipinski definition) is 3. The molecular formula is C17H20FNO4. The minimum absolute atomic E-state index is 0.0671. The first-order valence-electron chi connectivity index (χ1n) is 7.95. The molecule has 3 unspecified atom stereocenters. The molecule has 0 aromatic heterocycles. The molecule has 0 aliphatic carbocycles. The summed E-state index contributed by atoms with van der Waals surface area (Å²) in [5.74, 6) is -2.20. The maximum atomic E-state index is 13.6. The lowest BCUT2D eigenvalue weighted by Gasteiger charge is -2.40. The Morgan fingerprint density at radius 1 is 1.39 bits per heavy atom. The number of aliphatic carboxylic acids is 1. The molecule has 1 aromatic carbocycles. The fourth-order valence-corrected chi connectivity index (χ4v) is 3.54. The van der Waals surface area contributed by atoms with E-state index in [-0.39, 0.29) is 24.9 Å². The molecule has 0 saturated carbocycles. The number of hydrogen-bond donors (Lipinski definition) is 1. The molecule has 2 heterocycles. The molecule has 1 aromatic rings. The standard InChI is InChI=1S/C17H20FNO4/c18-12-4-1-3-11(9-12)16-14(17(21)22)6-7-15(20)19(16)10-13-5-2-8-23-13/h1,3-4,9,13-14,16H,2,5-8,10H2,(H,21,22). The van der Waals surface area contributed by atoms with E-state index in [2.05, 4.69) is 0 Å². The van der Waals surface area contributed by atoms with E-state index in [1.54, 1.807) is 17.0 Å². The Bertz CT molecular complexity index is 600. The third-order valence-corrected chi connectivity index (χ3v) is 4.64. The van der Waals surface area contributed by atoms with Gasteiger partial charge < -0.3 is 14.7 Å². The third kappa shape index (κ3) is 3.37. The molecule has 5 nitrogen and oxygen atoms in total. The molecule has 2 saturated heterocycles. The molecule has 1 N–H and O–H groups in total. The third-order valence-electron chi connectivity index (χ3n) is 4.64. The summed E-state index contributed by atoms with van der Waals surface area (Å²) in [6.07, 6.45) is 2.21. The predicted molar refractivity (Wildman–Crippen MR) is 80.2 cm³/mol. The van der Waals surface area contributed by atoms with Gasteiger partial charge in [0, 0.05) is 19.6 Å². The van der Waals surface area contributed by atoms with Gasteiger partial charge in [0.25, 0.3) is 0 Å². The second-order valence-corrected chi connectivity index (χ2v) is 6.16. The number of piperidine rings is 1. The Balaban J connectivity index is 1.93. The van der Waals surface area contributed by atoms with E-state index in [0.29, 0.717) is 18.7 Å². The van der Waals surface area contributed by atoms with Crippen LogP contribution in [0.2, 0.25) is 0 Å². The highest BCUT2D eigenvalue weighted by Gasteiger charge is 2.41. The van der Waals surface area contributed by atoms with Gasteiger partial charge in [-0.2, -0.15) is 0 Å². The summed E-state index contributed by atoms with van der Waals surface area (Å²) in [5, 5.41) is 9.54. The average molecular weight is 321 g/mol. The molecule has 3 rings (SSSR count). The van der Waals surface area contributed by atoms with Crippen molar-refractivity contribution in [3.63, 3.8) is 0 Å². The molecule has 2 aliphatic heterocycles. The van der Waals surface area contributed by atoms with Crippen LogP contribution in [0.5, 0.6) is 0 Å². The minimum Gasteiger partial charge on any atom is -0.481 e. The van der Waals surface area contributed by atoms with E-state index in [4.69, 9.17) is 4.74 Å². The van der Waals surface area contributed by atoms with Crippen LogP contribution in [0, 0.1) is 11.7 Å². The zero-order valence-electron chi connectivity index (χ0n) is 12.8. The van der Waals surface area contributed by atoms with Crippen LogP contribution in [0.1, 0.15) is 37.3 Å². The van der Waals surface area contributed by atoms with E-state index >= 15 is 0 Å². The molecule has 0 bridgehead atoms. The molecule has 2 fully saturated rings. The van der Waals surface area contributed by atoms with Gasteiger partial charge in [0.15, 0.2) is 0 Å². The van der Waals surface area contributed by atoms with Crippen molar-refractivity contribution in [2.45, 2.75) is 37.8 Å². The van der Waals surface area contributed by atoms with Crippen molar-refractivity contribution in [3.8, 4) is 0 Å². The number of carbonyl (C=O) groups is 2. The topological polar surface area (TPSA) is 66.8 Å². The molecule has 124 valence electrons. The highest BCUT2D eigenvalue weighted by atomic mass is 19.1. The summed E-state index contributed by atoms with van der Waals surface area (Å²) in [5.41, 5.74) is 0.531. The van der Waals surface area contributed by atoms with Crippen molar-refractivity contribution >= 4 is 11.9 Å². The van der Waals surface area contributed by atoms with Crippen molar-refractivity contribution in [2.75, 3.05) is 13.2 Å². The number of carboxylic acids is 1. The van der Waals surface area contributed by atoms with E-state index in [1.165, 1.54) is 12.1 Å². The number of carbonyl (C=O) groups excluding carboxylic acids is 1. The highest BCUT2D eigenvalue weighted by molar-refractivity contribution is 5.81. The van der Waals surface area contributed by atoms with Crippen LogP contribution in [0.25, 0.3) is 0 Å². The SMILES string of the molecule is O=C(O)C1CCC(=O)N(CC2CCCO2)C1c1cccc(F)c1. The number of amides is 1. The maximum absolute atomic E-state index is 13.6. The van der Waals surface area contributed by atoms with Gasteiger partial charge in [0.05, 0.1) is 18.1 Å². The number of nitrogens with zero attached hydrogens (tertiary/aromatic N) is 1. The quantitative estimate of drug-likeness (QED) is 0.924. The predicted octanol–water partition coefficient (Wildman–Crippen LogP) is 2.37. The van der Waals surface area contributed by atoms with Gasteiger partial charge in [-0.05, 0) is 37.0 Å². The smallest absolute Gasteiger partial charge is 0.308 e. The second kappa shape index (κ2) is 6.66. The van der Waals surface area contributed by atoms with Crippen LogP contribution in [0.3, 0.4) is 0 Å². The van der Waals surface area contributed by atoms with Crippen molar-refractivity contribution in [3.05, 3.63) is 35.6 Å². The van der Waals surface area contributed by atoms with E-state index < -0.39 is 23.7 Å². The second-order valence-electron chi connectivity index (χ2n) is 6.16. The van der Waals surface area contributed by atoms with Crippen LogP contribution >= 0.6 is 0 Å². The van der Waals surface area contributed by atoms with E-state index in [9.17, 15) is 19.1 Å². The van der Waals surface area contributed by atoms with Crippen molar-refractivity contribution in [2.24, 2.45) is 5.92 Å². The van der Waals surface area contributed by atoms with E-state index in [1.807, 2.05) is 0 Å². The number of carboxylic acid groups (broad SMARTS) is 1. The van der Waals surface area contributed by atoms with Gasteiger partial charge in [0.1, 0.15) is 5.82 Å².